The van der Waals surface area contributed by atoms with E-state index in [1.54, 1.807) is 7.11 Å². The van der Waals surface area contributed by atoms with Crippen LogP contribution in [0.25, 0.3) is 0 Å². The van der Waals surface area contributed by atoms with E-state index < -0.39 is 0 Å². The van der Waals surface area contributed by atoms with E-state index in [0.717, 1.165) is 19.5 Å². The third-order valence-electron chi connectivity index (χ3n) is 5.16. The third kappa shape index (κ3) is 4.87. The van der Waals surface area contributed by atoms with Gasteiger partial charge in [-0.2, -0.15) is 0 Å². The Labute approximate surface area is 161 Å². The van der Waals surface area contributed by atoms with Gasteiger partial charge in [0.1, 0.15) is 6.61 Å². The molecule has 5 nitrogen and oxygen atoms in total. The summed E-state index contributed by atoms with van der Waals surface area (Å²) < 4.78 is 4.94. The number of anilines is 1. The summed E-state index contributed by atoms with van der Waals surface area (Å²) >= 11 is 0. The topological polar surface area (TPSA) is 44.8 Å². The minimum Gasteiger partial charge on any atom is -0.378 e. The Morgan fingerprint density at radius 1 is 1.15 bits per heavy atom. The van der Waals surface area contributed by atoms with Crippen LogP contribution in [0.3, 0.4) is 0 Å². The van der Waals surface area contributed by atoms with Gasteiger partial charge in [0.2, 0.25) is 5.91 Å². The summed E-state index contributed by atoms with van der Waals surface area (Å²) in [6, 6.07) is 17.4. The standard InChI is InChI=1S/C22H29N3O2/c1-24(2)20-10-8-18(9-11-20)21(14-23-22(26)16-27-3)25-13-12-17-6-4-5-7-19(17)15-25/h4-11,21H,12-16H2,1-3H3,(H,23,26). The first kappa shape index (κ1) is 19.4. The third-order valence-corrected chi connectivity index (χ3v) is 5.16. The number of hydrogen-bond donors (Lipinski definition) is 1. The van der Waals surface area contributed by atoms with E-state index in [9.17, 15) is 4.79 Å². The van der Waals surface area contributed by atoms with Crippen LogP contribution >= 0.6 is 0 Å². The van der Waals surface area contributed by atoms with Crippen molar-refractivity contribution >= 4 is 11.6 Å². The molecule has 1 aliphatic heterocycles. The highest BCUT2D eigenvalue weighted by atomic mass is 16.5. The van der Waals surface area contributed by atoms with E-state index in [1.807, 2.05) is 14.1 Å². The molecule has 1 unspecified atom stereocenters. The zero-order valence-electron chi connectivity index (χ0n) is 16.4. The van der Waals surface area contributed by atoms with Crippen molar-refractivity contribution in [1.29, 1.82) is 0 Å². The molecular formula is C22H29N3O2. The van der Waals surface area contributed by atoms with E-state index in [1.165, 1.54) is 22.4 Å². The highest BCUT2D eigenvalue weighted by molar-refractivity contribution is 5.77. The summed E-state index contributed by atoms with van der Waals surface area (Å²) in [5, 5.41) is 3.02. The van der Waals surface area contributed by atoms with Crippen molar-refractivity contribution in [3.8, 4) is 0 Å². The number of carbonyl (C=O) groups excluding carboxylic acids is 1. The Bertz CT molecular complexity index is 758. The zero-order valence-corrected chi connectivity index (χ0v) is 16.4. The van der Waals surface area contributed by atoms with Gasteiger partial charge in [0.05, 0.1) is 6.04 Å². The molecule has 1 N–H and O–H groups in total. The number of hydrogen-bond acceptors (Lipinski definition) is 4. The van der Waals surface area contributed by atoms with Gasteiger partial charge in [-0.05, 0) is 35.2 Å². The number of carbonyl (C=O) groups is 1. The maximum Gasteiger partial charge on any atom is 0.246 e. The summed E-state index contributed by atoms with van der Waals surface area (Å²) in [5.74, 6) is -0.0789. The molecule has 1 amide bonds. The fraction of sp³-hybridized carbons (Fsp3) is 0.409. The number of ether oxygens (including phenoxy) is 1. The van der Waals surface area contributed by atoms with Gasteiger partial charge in [-0.25, -0.2) is 0 Å². The lowest BCUT2D eigenvalue weighted by Gasteiger charge is -2.36. The fourth-order valence-electron chi connectivity index (χ4n) is 3.63. The lowest BCUT2D eigenvalue weighted by atomic mass is 9.96. The van der Waals surface area contributed by atoms with E-state index in [4.69, 9.17) is 4.74 Å². The first-order chi connectivity index (χ1) is 13.1. The summed E-state index contributed by atoms with van der Waals surface area (Å²) in [6.07, 6.45) is 1.04. The van der Waals surface area contributed by atoms with Gasteiger partial charge in [0.25, 0.3) is 0 Å². The van der Waals surface area contributed by atoms with E-state index in [2.05, 4.69) is 63.6 Å². The van der Waals surface area contributed by atoms with Crippen LogP contribution in [0.2, 0.25) is 0 Å². The van der Waals surface area contributed by atoms with Crippen LogP contribution in [0.15, 0.2) is 48.5 Å². The van der Waals surface area contributed by atoms with Crippen LogP contribution in [-0.2, 0) is 22.5 Å². The van der Waals surface area contributed by atoms with Gasteiger partial charge in [-0.3, -0.25) is 9.69 Å². The second kappa shape index (κ2) is 9.02. The van der Waals surface area contributed by atoms with Gasteiger partial charge in [0, 0.05) is 46.5 Å². The molecule has 5 heteroatoms. The predicted octanol–water partition coefficient (Wildman–Crippen LogP) is 2.61. The van der Waals surface area contributed by atoms with Crippen LogP contribution in [-0.4, -0.2) is 51.7 Å². The van der Waals surface area contributed by atoms with Gasteiger partial charge in [0.15, 0.2) is 0 Å². The van der Waals surface area contributed by atoms with Crippen molar-refractivity contribution in [3.63, 3.8) is 0 Å². The first-order valence-corrected chi connectivity index (χ1v) is 9.42. The second-order valence-corrected chi connectivity index (χ2v) is 7.23. The number of amides is 1. The van der Waals surface area contributed by atoms with Gasteiger partial charge in [-0.15, -0.1) is 0 Å². The SMILES string of the molecule is COCC(=O)NCC(c1ccc(N(C)C)cc1)N1CCc2ccccc2C1. The maximum absolute atomic E-state index is 11.9. The molecule has 3 rings (SSSR count). The maximum atomic E-state index is 11.9. The lowest BCUT2D eigenvalue weighted by Crippen LogP contribution is -2.41. The molecule has 0 saturated heterocycles. The average molecular weight is 367 g/mol. The van der Waals surface area contributed by atoms with Crippen LogP contribution < -0.4 is 10.2 Å². The molecule has 1 aliphatic rings. The Kier molecular flexibility index (Phi) is 6.48. The fourth-order valence-corrected chi connectivity index (χ4v) is 3.63. The average Bonchev–Trinajstić information content (AvgIpc) is 2.68. The number of nitrogens with one attached hydrogen (secondary N) is 1. The second-order valence-electron chi connectivity index (χ2n) is 7.23. The molecule has 0 saturated carbocycles. The van der Waals surface area contributed by atoms with Crippen molar-refractivity contribution in [2.75, 3.05) is 45.8 Å². The Morgan fingerprint density at radius 2 is 1.85 bits per heavy atom. The van der Waals surface area contributed by atoms with Crippen molar-refractivity contribution in [3.05, 3.63) is 65.2 Å². The quantitative estimate of drug-likeness (QED) is 0.817. The molecule has 1 atom stereocenters. The molecule has 0 aromatic heterocycles. The van der Waals surface area contributed by atoms with Crippen LogP contribution in [0.5, 0.6) is 0 Å². The van der Waals surface area contributed by atoms with Gasteiger partial charge < -0.3 is 15.0 Å². The molecule has 27 heavy (non-hydrogen) atoms. The minimum atomic E-state index is -0.0789. The Hall–Kier alpha value is -2.37. The summed E-state index contributed by atoms with van der Waals surface area (Å²) in [6.45, 7) is 2.55. The van der Waals surface area contributed by atoms with Gasteiger partial charge in [-0.1, -0.05) is 36.4 Å². The van der Waals surface area contributed by atoms with E-state index in [-0.39, 0.29) is 18.6 Å². The monoisotopic (exact) mass is 367 g/mol. The molecule has 0 bridgehead atoms. The summed E-state index contributed by atoms with van der Waals surface area (Å²) in [5.41, 5.74) is 5.20. The van der Waals surface area contributed by atoms with E-state index >= 15 is 0 Å². The molecular weight excluding hydrogens is 338 g/mol. The largest absolute Gasteiger partial charge is 0.378 e. The van der Waals surface area contributed by atoms with Crippen molar-refractivity contribution < 1.29 is 9.53 Å². The molecule has 0 aliphatic carbocycles. The molecule has 0 spiro atoms. The van der Waals surface area contributed by atoms with Crippen LogP contribution in [0.4, 0.5) is 5.69 Å². The van der Waals surface area contributed by atoms with Crippen molar-refractivity contribution in [2.24, 2.45) is 0 Å². The number of benzene rings is 2. The highest BCUT2D eigenvalue weighted by Crippen LogP contribution is 2.28. The molecule has 2 aromatic rings. The number of fused-ring (bicyclic) bond motifs is 1. The van der Waals surface area contributed by atoms with Crippen LogP contribution in [0.1, 0.15) is 22.7 Å². The zero-order chi connectivity index (χ0) is 19.2. The first-order valence-electron chi connectivity index (χ1n) is 9.42. The smallest absolute Gasteiger partial charge is 0.246 e. The Morgan fingerprint density at radius 3 is 2.52 bits per heavy atom. The number of rotatable bonds is 7. The summed E-state index contributed by atoms with van der Waals surface area (Å²) in [4.78, 5) is 16.5. The molecule has 0 radical (unpaired) electrons. The van der Waals surface area contributed by atoms with Crippen molar-refractivity contribution in [1.82, 2.24) is 10.2 Å². The molecule has 2 aromatic carbocycles. The molecule has 144 valence electrons. The lowest BCUT2D eigenvalue weighted by molar-refractivity contribution is -0.125. The molecule has 1 heterocycles. The van der Waals surface area contributed by atoms with E-state index in [0.29, 0.717) is 6.54 Å². The Balaban J connectivity index is 1.80. The van der Waals surface area contributed by atoms with Crippen molar-refractivity contribution in [2.45, 2.75) is 19.0 Å². The van der Waals surface area contributed by atoms with Gasteiger partial charge >= 0.3 is 0 Å². The van der Waals surface area contributed by atoms with Crippen LogP contribution in [0, 0.1) is 0 Å². The summed E-state index contributed by atoms with van der Waals surface area (Å²) in [7, 11) is 5.62. The number of nitrogens with zero attached hydrogens (tertiary/aromatic N) is 2. The molecule has 0 fully saturated rings. The number of methoxy groups -OCH3 is 1. The normalized spacial score (nSPS) is 15.1. The predicted molar refractivity (Wildman–Crippen MR) is 109 cm³/mol. The highest BCUT2D eigenvalue weighted by Gasteiger charge is 2.25. The minimum absolute atomic E-state index is 0.0789.